The fraction of sp³-hybridized carbons (Fsp3) is 0.311. The molecule has 24 rings (SSSR count). The number of aromatic nitrogens is 13. The van der Waals surface area contributed by atoms with Gasteiger partial charge in [-0.2, -0.15) is 0 Å². The van der Waals surface area contributed by atoms with Gasteiger partial charge in [-0.25, -0.2) is 29.9 Å². The quantitative estimate of drug-likeness (QED) is 0.0169. The van der Waals surface area contributed by atoms with Gasteiger partial charge in [0.25, 0.3) is 33.4 Å². The van der Waals surface area contributed by atoms with Gasteiger partial charge in [-0.3, -0.25) is 89.9 Å². The lowest BCUT2D eigenvalue weighted by Gasteiger charge is -2.26. The molecule has 15 heterocycles. The van der Waals surface area contributed by atoms with Crippen LogP contribution in [0.5, 0.6) is 0 Å². The molecule has 7 aliphatic rings. The zero-order valence-electron chi connectivity index (χ0n) is 79.3. The van der Waals surface area contributed by atoms with Crippen molar-refractivity contribution in [1.29, 1.82) is 0 Å². The maximum atomic E-state index is 13.3. The molecule has 0 unspecified atom stereocenters. The Balaban J connectivity index is 0.000000111. The van der Waals surface area contributed by atoms with E-state index in [1.807, 2.05) is 165 Å². The van der Waals surface area contributed by atoms with Crippen molar-refractivity contribution < 1.29 is 33.5 Å². The number of aryl methyl sites for hydroxylation is 4. The maximum Gasteiger partial charge on any atom is 0.263 e. The highest BCUT2D eigenvalue weighted by Gasteiger charge is 2.36. The molecule has 17 aromatic rings. The van der Waals surface area contributed by atoms with E-state index in [2.05, 4.69) is 38.1 Å². The molecule has 1 saturated heterocycles. The third-order valence-electron chi connectivity index (χ3n) is 24.8. The van der Waals surface area contributed by atoms with E-state index in [0.717, 1.165) is 135 Å². The molecule has 1 aliphatic heterocycles. The third-order valence-corrected chi connectivity index (χ3v) is 37.3. The number of rotatable bonds is 31. The van der Waals surface area contributed by atoms with Gasteiger partial charge in [-0.15, -0.1) is 85.9 Å². The number of morpholine rings is 1. The molecule has 0 radical (unpaired) electrons. The van der Waals surface area contributed by atoms with Crippen molar-refractivity contribution in [2.24, 2.45) is 0 Å². The molecule has 748 valence electrons. The molecule has 40 heteroatoms. The number of carbonyl (C=O) groups excluding carboxylic acids is 6. The van der Waals surface area contributed by atoms with Gasteiger partial charge < -0.3 is 9.64 Å². The molecule has 4 saturated carbocycles. The third kappa shape index (κ3) is 24.6. The highest BCUT2D eigenvalue weighted by atomic mass is 32.2. The van der Waals surface area contributed by atoms with Gasteiger partial charge in [0, 0.05) is 83.6 Å². The Bertz CT molecular complexity index is 8170. The van der Waals surface area contributed by atoms with E-state index in [1.54, 1.807) is 82.2 Å². The largest absolute Gasteiger partial charge is 0.378 e. The number of Topliss-reactive ketones (excluding diaryl/α,β-unsaturated/α-hetero) is 5. The van der Waals surface area contributed by atoms with Crippen LogP contribution < -0.4 is 33.4 Å². The summed E-state index contributed by atoms with van der Waals surface area (Å²) in [6.07, 6.45) is 21.7. The highest BCUT2D eigenvalue weighted by Crippen LogP contribution is 2.44. The van der Waals surface area contributed by atoms with Crippen molar-refractivity contribution in [2.75, 3.05) is 60.8 Å². The number of thiophene rings is 7. The van der Waals surface area contributed by atoms with E-state index in [0.29, 0.717) is 130 Å². The van der Waals surface area contributed by atoms with Crippen molar-refractivity contribution in [2.45, 2.75) is 178 Å². The number of amides is 1. The molecule has 14 aromatic heterocycles. The predicted octanol–water partition coefficient (Wildman–Crippen LogP) is 21.9. The van der Waals surface area contributed by atoms with E-state index in [1.165, 1.54) is 161 Å². The molecule has 0 N–H and O–H groups in total. The summed E-state index contributed by atoms with van der Waals surface area (Å²) in [6.45, 7) is 12.8. The molecule has 6 aliphatic carbocycles. The number of thioether (sulfide) groups is 6. The number of hydrogen-bond donors (Lipinski definition) is 0. The van der Waals surface area contributed by atoms with Crippen molar-refractivity contribution in [1.82, 2.24) is 67.2 Å². The monoisotopic (exact) mass is 2190 g/mol. The van der Waals surface area contributed by atoms with Crippen molar-refractivity contribution in [3.8, 4) is 0 Å². The Kier molecular flexibility index (Phi) is 34.0. The van der Waals surface area contributed by atoms with E-state index >= 15 is 0 Å². The lowest BCUT2D eigenvalue weighted by molar-refractivity contribution is -0.132. The topological polar surface area (TPSA) is 337 Å². The number of pyridine rings is 1. The van der Waals surface area contributed by atoms with Gasteiger partial charge in [0.2, 0.25) is 5.91 Å². The number of ether oxygens (including phenoxy) is 1. The zero-order valence-corrected chi connectivity index (χ0v) is 89.9. The molecule has 1 amide bonds. The maximum absolute atomic E-state index is 13.3. The predicted molar refractivity (Wildman–Crippen MR) is 596 cm³/mol. The first-order valence-electron chi connectivity index (χ1n) is 47.9. The van der Waals surface area contributed by atoms with Gasteiger partial charge in [-0.05, 0) is 214 Å². The summed E-state index contributed by atoms with van der Waals surface area (Å²) in [5.74, 6) is 2.07. The molecule has 0 atom stereocenters. The SMILES string of the molecule is C=C(C)Cn1c(SCC(=O)c2cccs2)nc2sccc2c1=O.C=CCn1c(SCC(=O)N2CCOCC2)nc2sc3c(c2c1=O)CCCC3.O=C(CSc1nc2ccccc2c(=O)n1C1CC1)c1ccccc1.O=C(CSc1nc2ccccc2c(=O)n1C1CC1)c1cccs1.O=C(CSc1nc2sc3c(c2c(=O)n1C1CC1)CCCC3)c1ccncc1.O=C(CSc1nc2sccc2c(=O)n1C1CC1)c1cccs1. The number of hydrogen-bond acceptors (Lipinski definition) is 33. The van der Waals surface area contributed by atoms with E-state index in [9.17, 15) is 57.5 Å². The molecule has 27 nitrogen and oxygen atoms in total. The molecule has 5 fully saturated rings. The summed E-state index contributed by atoms with van der Waals surface area (Å²) in [5.41, 5.74) is 6.06. The van der Waals surface area contributed by atoms with E-state index in [-0.39, 0.29) is 115 Å². The lowest BCUT2D eigenvalue weighted by Crippen LogP contribution is -2.41. The van der Waals surface area contributed by atoms with Gasteiger partial charge >= 0.3 is 0 Å². The molecular formula is C106H98N14O13S13. The average Bonchev–Trinajstić information content (AvgIpc) is 1.59. The summed E-state index contributed by atoms with van der Waals surface area (Å²) in [5, 5.41) is 17.5. The molecule has 146 heavy (non-hydrogen) atoms. The molecule has 0 spiro atoms. The van der Waals surface area contributed by atoms with Crippen LogP contribution >= 0.6 is 150 Å². The first kappa shape index (κ1) is 103. The normalized spacial score (nSPS) is 14.7. The van der Waals surface area contributed by atoms with Gasteiger partial charge in [-0.1, -0.05) is 162 Å². The summed E-state index contributed by atoms with van der Waals surface area (Å²) >= 11 is 18.6. The van der Waals surface area contributed by atoms with Crippen LogP contribution in [0.15, 0.2) is 263 Å². The highest BCUT2D eigenvalue weighted by molar-refractivity contribution is 8.01. The summed E-state index contributed by atoms with van der Waals surface area (Å²) in [7, 11) is 0. The number of benzene rings is 3. The first-order valence-corrected chi connectivity index (χ1v) is 59.8. The first-order chi connectivity index (χ1) is 71.2. The number of para-hydroxylation sites is 2. The smallest absolute Gasteiger partial charge is 0.263 e. The van der Waals surface area contributed by atoms with Gasteiger partial charge in [0.05, 0.1) is 106 Å². The van der Waals surface area contributed by atoms with Gasteiger partial charge in [0.15, 0.2) is 59.9 Å². The molecule has 0 bridgehead atoms. The van der Waals surface area contributed by atoms with Crippen molar-refractivity contribution in [3.05, 3.63) is 312 Å². The molecule has 3 aromatic carbocycles. The van der Waals surface area contributed by atoms with Crippen LogP contribution in [0.25, 0.3) is 62.7 Å². The van der Waals surface area contributed by atoms with Crippen LogP contribution in [-0.2, 0) is 48.3 Å². The minimum atomic E-state index is -0.0784. The fourth-order valence-electron chi connectivity index (χ4n) is 17.0. The average molecular weight is 2190 g/mol. The summed E-state index contributed by atoms with van der Waals surface area (Å²) < 4.78 is 15.7. The standard InChI is InChI=1S/C20H19N3O2S2.C19H23N3O3S2.C19H16N2O2S.C17H14N2O2S2.C16H14N2O2S3.C15H12N2O2S3/c24-15(12-7-9-21-10-8-12)11-26-20-22-18-17(19(25)23(20)13-5-6-13)14-3-1-2-4-16(14)27-18;1-2-7-22-18(24)16-13-5-3-4-6-14(13)27-17(16)20-19(22)26-12-15(23)21-8-10-25-11-9-21;22-17(13-6-2-1-3-7-13)12-24-19-20-16-9-5-4-8-15(16)18(23)21(19)14-10-11-14;20-14(15-6-3-9-22-15)10-23-17-18-13-5-2-1-4-12(13)16(21)19(17)11-7-8-11;1-10(2)8-18-15(20)11-5-7-22-14(11)17-16(18)23-9-12(19)13-4-3-6-21-13;18-11(12-2-1-6-20-12)8-22-15-16-13-10(5-7-21-13)14(19)17(15)9-3-4-9/h7-10,13H,1-6,11H2;2H,1,3-12H2;1-9,14H,10-12H2;1-6,9,11H,7-8,10H2;3-7H,1,8-9H2,2H3;1-2,5-7,9H,3-4,8H2. The van der Waals surface area contributed by atoms with Crippen LogP contribution in [0.3, 0.4) is 0 Å². The van der Waals surface area contributed by atoms with Gasteiger partial charge in [0.1, 0.15) is 19.3 Å². The number of allylic oxidation sites excluding steroid dienone is 2. The number of ketones is 5. The second kappa shape index (κ2) is 48.0. The Labute approximate surface area is 891 Å². The summed E-state index contributed by atoms with van der Waals surface area (Å²) in [6, 6.07) is 43.1. The van der Waals surface area contributed by atoms with Crippen LogP contribution in [0.1, 0.15) is 179 Å². The fourth-order valence-corrected chi connectivity index (χ4v) is 29.1. The van der Waals surface area contributed by atoms with Crippen LogP contribution in [0.4, 0.5) is 0 Å². The number of carbonyl (C=O) groups is 6. The second-order valence-electron chi connectivity index (χ2n) is 35.5. The Morgan fingerprint density at radius 3 is 1.23 bits per heavy atom. The summed E-state index contributed by atoms with van der Waals surface area (Å²) in [4.78, 5) is 193. The van der Waals surface area contributed by atoms with Crippen LogP contribution in [-0.4, -0.2) is 163 Å². The van der Waals surface area contributed by atoms with Crippen LogP contribution in [0.2, 0.25) is 0 Å². The van der Waals surface area contributed by atoms with Crippen LogP contribution in [0, 0.1) is 0 Å². The Hall–Kier alpha value is -11.1. The minimum absolute atomic E-state index is 0.000575. The second-order valence-corrected chi connectivity index (χ2v) is 48.0. The van der Waals surface area contributed by atoms with Crippen molar-refractivity contribution >= 4 is 247 Å². The Morgan fingerprint density at radius 2 is 0.767 bits per heavy atom. The molecular weight excluding hydrogens is 2090 g/mol. The zero-order chi connectivity index (χ0) is 101. The van der Waals surface area contributed by atoms with E-state index < -0.39 is 0 Å². The lowest BCUT2D eigenvalue weighted by atomic mass is 9.97. The van der Waals surface area contributed by atoms with Crippen molar-refractivity contribution in [3.63, 3.8) is 0 Å². The Morgan fingerprint density at radius 1 is 0.384 bits per heavy atom. The minimum Gasteiger partial charge on any atom is -0.378 e. The number of nitrogens with zero attached hydrogens (tertiary/aromatic N) is 14. The van der Waals surface area contributed by atoms with E-state index in [4.69, 9.17) is 14.7 Å². The number of fused-ring (bicyclic) bond motifs is 10.